The minimum absolute atomic E-state index is 0.0555. The van der Waals surface area contributed by atoms with Crippen LogP contribution in [0.5, 0.6) is 5.75 Å². The highest BCUT2D eigenvalue weighted by molar-refractivity contribution is 5.96. The molecule has 0 saturated heterocycles. The van der Waals surface area contributed by atoms with E-state index in [0.29, 0.717) is 47.5 Å². The Labute approximate surface area is 219 Å². The number of hydrogen-bond acceptors (Lipinski definition) is 7. The molecule has 7 heteroatoms. The number of hydrogen-bond donors (Lipinski definition) is 0. The third-order valence-electron chi connectivity index (χ3n) is 6.81. The summed E-state index contributed by atoms with van der Waals surface area (Å²) < 4.78 is 21.3. The van der Waals surface area contributed by atoms with Crippen molar-refractivity contribution in [3.63, 3.8) is 0 Å². The molecule has 0 spiro atoms. The topological polar surface area (TPSA) is 88.1 Å². The first-order chi connectivity index (χ1) is 17.6. The number of ether oxygens (including phenoxy) is 4. The van der Waals surface area contributed by atoms with Crippen LogP contribution in [0, 0.1) is 17.8 Å². The Bertz CT molecular complexity index is 1120. The molecule has 0 amide bonds. The molecule has 0 radical (unpaired) electrons. The molecular weight excluding hydrogens is 472 g/mol. The number of rotatable bonds is 10. The molecule has 37 heavy (non-hydrogen) atoms. The van der Waals surface area contributed by atoms with Crippen molar-refractivity contribution in [1.82, 2.24) is 0 Å². The van der Waals surface area contributed by atoms with E-state index < -0.39 is 12.1 Å². The van der Waals surface area contributed by atoms with E-state index in [0.717, 1.165) is 23.6 Å². The summed E-state index contributed by atoms with van der Waals surface area (Å²) in [6, 6.07) is 10.5. The second-order valence-electron chi connectivity index (χ2n) is 10.3. The zero-order chi connectivity index (χ0) is 26.9. The van der Waals surface area contributed by atoms with Gasteiger partial charge in [-0.3, -0.25) is 0 Å². The molecule has 0 aromatic heterocycles. The average molecular weight is 511 g/mol. The molecule has 0 heterocycles. The molecule has 2 aromatic rings. The van der Waals surface area contributed by atoms with Gasteiger partial charge in [0.2, 0.25) is 0 Å². The average Bonchev–Trinajstić information content (AvgIpc) is 2.85. The molecule has 0 N–H and O–H groups in total. The first-order valence-electron chi connectivity index (χ1n) is 13.1. The van der Waals surface area contributed by atoms with Crippen molar-refractivity contribution >= 4 is 28.9 Å². The SMILES string of the molecule is C=C(C)C(=O)OCCCCOC(=O)Oc1ccc2cc(C(=O)OC3CC(C)CCC3C(C)C)ccc2c1. The predicted octanol–water partition coefficient (Wildman–Crippen LogP) is 6.87. The Balaban J connectivity index is 1.50. The summed E-state index contributed by atoms with van der Waals surface area (Å²) in [7, 11) is 0. The number of benzene rings is 2. The molecule has 0 bridgehead atoms. The summed E-state index contributed by atoms with van der Waals surface area (Å²) in [5.74, 6) is 1.03. The molecule has 1 aliphatic carbocycles. The first kappa shape index (κ1) is 28.2. The maximum atomic E-state index is 12.9. The fourth-order valence-corrected chi connectivity index (χ4v) is 4.64. The number of unbranched alkanes of at least 4 members (excludes halogenated alkanes) is 1. The van der Waals surface area contributed by atoms with Gasteiger partial charge in [-0.1, -0.05) is 45.9 Å². The van der Waals surface area contributed by atoms with Crippen LogP contribution in [-0.4, -0.2) is 37.4 Å². The summed E-state index contributed by atoms with van der Waals surface area (Å²) in [5, 5.41) is 1.67. The lowest BCUT2D eigenvalue weighted by Gasteiger charge is -2.36. The Morgan fingerprint density at radius 3 is 2.35 bits per heavy atom. The first-order valence-corrected chi connectivity index (χ1v) is 13.1. The fraction of sp³-hybridized carbons (Fsp3) is 0.500. The third kappa shape index (κ3) is 8.34. The molecule has 3 rings (SSSR count). The molecule has 1 fully saturated rings. The van der Waals surface area contributed by atoms with E-state index in [1.165, 1.54) is 6.42 Å². The van der Waals surface area contributed by atoms with Crippen molar-refractivity contribution in [3.8, 4) is 5.75 Å². The quantitative estimate of drug-likeness (QED) is 0.113. The van der Waals surface area contributed by atoms with E-state index >= 15 is 0 Å². The number of fused-ring (bicyclic) bond motifs is 1. The number of carbonyl (C=O) groups is 3. The number of esters is 2. The summed E-state index contributed by atoms with van der Waals surface area (Å²) in [6.07, 6.45) is 3.40. The van der Waals surface area contributed by atoms with E-state index in [4.69, 9.17) is 18.9 Å². The second-order valence-corrected chi connectivity index (χ2v) is 10.3. The van der Waals surface area contributed by atoms with Gasteiger partial charge >= 0.3 is 18.1 Å². The minimum Gasteiger partial charge on any atom is -0.462 e. The maximum absolute atomic E-state index is 12.9. The van der Waals surface area contributed by atoms with Crippen LogP contribution in [0.15, 0.2) is 48.6 Å². The largest absolute Gasteiger partial charge is 0.513 e. The monoisotopic (exact) mass is 510 g/mol. The summed E-state index contributed by atoms with van der Waals surface area (Å²) >= 11 is 0. The molecule has 1 saturated carbocycles. The number of carbonyl (C=O) groups excluding carboxylic acids is 3. The van der Waals surface area contributed by atoms with Gasteiger partial charge in [-0.25, -0.2) is 14.4 Å². The third-order valence-corrected chi connectivity index (χ3v) is 6.81. The fourth-order valence-electron chi connectivity index (χ4n) is 4.64. The van der Waals surface area contributed by atoms with Crippen molar-refractivity contribution in [2.45, 2.75) is 65.9 Å². The van der Waals surface area contributed by atoms with Crippen molar-refractivity contribution in [2.75, 3.05) is 13.2 Å². The van der Waals surface area contributed by atoms with E-state index in [1.807, 2.05) is 6.07 Å². The zero-order valence-corrected chi connectivity index (χ0v) is 22.3. The molecule has 0 aliphatic heterocycles. The van der Waals surface area contributed by atoms with Crippen LogP contribution in [0.1, 0.15) is 70.2 Å². The highest BCUT2D eigenvalue weighted by Crippen LogP contribution is 2.36. The van der Waals surface area contributed by atoms with Crippen LogP contribution >= 0.6 is 0 Å². The van der Waals surface area contributed by atoms with Crippen molar-refractivity contribution in [2.24, 2.45) is 17.8 Å². The maximum Gasteiger partial charge on any atom is 0.513 e. The Morgan fingerprint density at radius 1 is 0.973 bits per heavy atom. The smallest absolute Gasteiger partial charge is 0.462 e. The second kappa shape index (κ2) is 13.3. The molecule has 3 atom stereocenters. The van der Waals surface area contributed by atoms with Crippen molar-refractivity contribution in [3.05, 3.63) is 54.1 Å². The normalized spacial score (nSPS) is 19.3. The summed E-state index contributed by atoms with van der Waals surface area (Å²) in [4.78, 5) is 36.3. The summed E-state index contributed by atoms with van der Waals surface area (Å²) in [5.41, 5.74) is 0.857. The van der Waals surface area contributed by atoms with Crippen molar-refractivity contribution in [1.29, 1.82) is 0 Å². The van der Waals surface area contributed by atoms with Gasteiger partial charge in [-0.2, -0.15) is 0 Å². The molecule has 200 valence electrons. The van der Waals surface area contributed by atoms with Gasteiger partial charge in [-0.05, 0) is 85.4 Å². The molecule has 1 aliphatic rings. The standard InChI is InChI=1S/C30H38O7/c1-19(2)26-13-8-21(5)16-27(26)37-29(32)24-10-9-23-18-25(12-11-22(23)17-24)36-30(33)35-15-7-6-14-34-28(31)20(3)4/h9-12,17-19,21,26-27H,3,6-8,13-16H2,1-2,4-5H3. The molecule has 7 nitrogen and oxygen atoms in total. The predicted molar refractivity (Wildman–Crippen MR) is 141 cm³/mol. The van der Waals surface area contributed by atoms with Crippen LogP contribution in [0.4, 0.5) is 4.79 Å². The van der Waals surface area contributed by atoms with Crippen molar-refractivity contribution < 1.29 is 33.3 Å². The highest BCUT2D eigenvalue weighted by atomic mass is 16.7. The van der Waals surface area contributed by atoms with E-state index in [9.17, 15) is 14.4 Å². The Hall–Kier alpha value is -3.35. The van der Waals surface area contributed by atoms with Crippen LogP contribution in [0.25, 0.3) is 10.8 Å². The van der Waals surface area contributed by atoms with Gasteiger partial charge in [0.05, 0.1) is 18.8 Å². The molecule has 2 aromatic carbocycles. The lowest BCUT2D eigenvalue weighted by atomic mass is 9.75. The van der Waals surface area contributed by atoms with Crippen LogP contribution in [0.2, 0.25) is 0 Å². The van der Waals surface area contributed by atoms with Gasteiger partial charge in [-0.15, -0.1) is 0 Å². The minimum atomic E-state index is -0.806. The van der Waals surface area contributed by atoms with Gasteiger partial charge in [0, 0.05) is 5.57 Å². The summed E-state index contributed by atoms with van der Waals surface area (Å²) in [6.45, 7) is 12.1. The van der Waals surface area contributed by atoms with Crippen LogP contribution < -0.4 is 4.74 Å². The lowest BCUT2D eigenvalue weighted by Crippen LogP contribution is -2.35. The molecular formula is C30H38O7. The van der Waals surface area contributed by atoms with E-state index in [-0.39, 0.29) is 25.3 Å². The lowest BCUT2D eigenvalue weighted by molar-refractivity contribution is -0.139. The van der Waals surface area contributed by atoms with Gasteiger partial charge < -0.3 is 18.9 Å². The van der Waals surface area contributed by atoms with Gasteiger partial charge in [0.25, 0.3) is 0 Å². The molecule has 3 unspecified atom stereocenters. The highest BCUT2D eigenvalue weighted by Gasteiger charge is 2.33. The van der Waals surface area contributed by atoms with Crippen LogP contribution in [0.3, 0.4) is 0 Å². The van der Waals surface area contributed by atoms with Gasteiger partial charge in [0.15, 0.2) is 0 Å². The Morgan fingerprint density at radius 2 is 1.65 bits per heavy atom. The van der Waals surface area contributed by atoms with E-state index in [1.54, 1.807) is 37.3 Å². The van der Waals surface area contributed by atoms with E-state index in [2.05, 4.69) is 27.4 Å². The zero-order valence-electron chi connectivity index (χ0n) is 22.3. The Kier molecular flexibility index (Phi) is 10.1. The van der Waals surface area contributed by atoms with Gasteiger partial charge in [0.1, 0.15) is 11.9 Å². The van der Waals surface area contributed by atoms with Crippen LogP contribution in [-0.2, 0) is 19.0 Å².